The van der Waals surface area contributed by atoms with Gasteiger partial charge in [-0.3, -0.25) is 9.80 Å². The van der Waals surface area contributed by atoms with E-state index in [0.717, 1.165) is 26.1 Å². The Bertz CT molecular complexity index is 549. The minimum absolute atomic E-state index is 0.205. The van der Waals surface area contributed by atoms with Gasteiger partial charge in [-0.15, -0.1) is 0 Å². The summed E-state index contributed by atoms with van der Waals surface area (Å²) in [5.74, 6) is 0. The largest absolute Gasteiger partial charge is 0.390 e. The Morgan fingerprint density at radius 3 is 2.25 bits per heavy atom. The fraction of sp³-hybridized carbons (Fsp3) is 0.714. The van der Waals surface area contributed by atoms with Crippen LogP contribution in [0.1, 0.15) is 54.4 Å². The topological polar surface area (TPSA) is 26.7 Å². The van der Waals surface area contributed by atoms with Gasteiger partial charge >= 0.3 is 0 Å². The lowest BCUT2D eigenvalue weighted by atomic mass is 9.97. The van der Waals surface area contributed by atoms with Crippen LogP contribution >= 0.6 is 0 Å². The predicted molar refractivity (Wildman–Crippen MR) is 100 cm³/mol. The number of hydrogen-bond donors (Lipinski definition) is 1. The van der Waals surface area contributed by atoms with Crippen molar-refractivity contribution in [2.75, 3.05) is 26.2 Å². The second-order valence-corrected chi connectivity index (χ2v) is 7.97. The SMILES string of the molecule is Cc1cc(C)c(CN2CC[C@H](N3CCCCCC3)[C@@H](O)C2)cc1C. The van der Waals surface area contributed by atoms with E-state index in [9.17, 15) is 5.11 Å². The van der Waals surface area contributed by atoms with Crippen molar-refractivity contribution in [3.05, 3.63) is 34.4 Å². The molecule has 0 radical (unpaired) electrons. The molecule has 3 heteroatoms. The minimum Gasteiger partial charge on any atom is -0.390 e. The number of aliphatic hydroxyl groups is 1. The molecular weight excluding hydrogens is 296 g/mol. The summed E-state index contributed by atoms with van der Waals surface area (Å²) in [6, 6.07) is 5.00. The standard InChI is InChI=1S/C21H34N2O/c1-16-12-18(3)19(13-17(16)2)14-22-11-8-20(21(24)15-22)23-9-6-4-5-7-10-23/h12-13,20-21,24H,4-11,14-15H2,1-3H3/t20-,21-/m0/s1. The molecule has 2 saturated heterocycles. The summed E-state index contributed by atoms with van der Waals surface area (Å²) in [6.07, 6.45) is 6.22. The Morgan fingerprint density at radius 1 is 0.917 bits per heavy atom. The van der Waals surface area contributed by atoms with Crippen LogP contribution in [0.3, 0.4) is 0 Å². The van der Waals surface area contributed by atoms with Gasteiger partial charge in [-0.05, 0) is 75.4 Å². The number of rotatable bonds is 3. The Labute approximate surface area is 147 Å². The van der Waals surface area contributed by atoms with Gasteiger partial charge in [-0.1, -0.05) is 25.0 Å². The number of piperidine rings is 1. The molecule has 0 unspecified atom stereocenters. The van der Waals surface area contributed by atoms with E-state index in [4.69, 9.17) is 0 Å². The predicted octanol–water partition coefficient (Wildman–Crippen LogP) is 3.42. The van der Waals surface area contributed by atoms with E-state index >= 15 is 0 Å². The Kier molecular flexibility index (Phi) is 5.96. The van der Waals surface area contributed by atoms with Crippen molar-refractivity contribution in [1.29, 1.82) is 0 Å². The number of nitrogens with zero attached hydrogens (tertiary/aromatic N) is 2. The maximum absolute atomic E-state index is 10.7. The zero-order valence-electron chi connectivity index (χ0n) is 15.7. The van der Waals surface area contributed by atoms with E-state index in [-0.39, 0.29) is 6.10 Å². The van der Waals surface area contributed by atoms with E-state index in [0.29, 0.717) is 6.04 Å². The molecule has 3 rings (SSSR count). The highest BCUT2D eigenvalue weighted by molar-refractivity contribution is 5.36. The fourth-order valence-corrected chi connectivity index (χ4v) is 4.41. The first-order chi connectivity index (χ1) is 11.5. The molecule has 134 valence electrons. The van der Waals surface area contributed by atoms with E-state index in [2.05, 4.69) is 42.7 Å². The van der Waals surface area contributed by atoms with Crippen molar-refractivity contribution >= 4 is 0 Å². The molecule has 3 nitrogen and oxygen atoms in total. The number of β-amino-alcohol motifs (C(OH)–C–C–N with tert-alkyl or cyclic N) is 1. The average molecular weight is 331 g/mol. The van der Waals surface area contributed by atoms with Crippen molar-refractivity contribution in [1.82, 2.24) is 9.80 Å². The zero-order valence-corrected chi connectivity index (χ0v) is 15.7. The lowest BCUT2D eigenvalue weighted by Gasteiger charge is -2.41. The Balaban J connectivity index is 1.60. The summed E-state index contributed by atoms with van der Waals surface area (Å²) in [4.78, 5) is 5.01. The second-order valence-electron chi connectivity index (χ2n) is 7.97. The summed E-state index contributed by atoms with van der Waals surface area (Å²) in [6.45, 7) is 11.8. The highest BCUT2D eigenvalue weighted by Gasteiger charge is 2.32. The first kappa shape index (κ1) is 17.9. The van der Waals surface area contributed by atoms with Crippen LogP contribution in [0.2, 0.25) is 0 Å². The van der Waals surface area contributed by atoms with Crippen molar-refractivity contribution in [2.45, 2.75) is 71.6 Å². The molecule has 2 fully saturated rings. The molecule has 2 aliphatic rings. The van der Waals surface area contributed by atoms with E-state index < -0.39 is 0 Å². The molecule has 2 atom stereocenters. The van der Waals surface area contributed by atoms with Crippen molar-refractivity contribution < 1.29 is 5.11 Å². The molecule has 0 spiro atoms. The van der Waals surface area contributed by atoms with Gasteiger partial charge < -0.3 is 5.11 Å². The molecule has 0 aliphatic carbocycles. The molecule has 2 aliphatic heterocycles. The van der Waals surface area contributed by atoms with Crippen LogP contribution in [0.5, 0.6) is 0 Å². The van der Waals surface area contributed by atoms with E-state index in [1.165, 1.54) is 61.0 Å². The van der Waals surface area contributed by atoms with Crippen LogP contribution in [-0.4, -0.2) is 53.2 Å². The smallest absolute Gasteiger partial charge is 0.0822 e. The first-order valence-corrected chi connectivity index (χ1v) is 9.76. The van der Waals surface area contributed by atoms with Gasteiger partial charge in [0, 0.05) is 25.7 Å². The van der Waals surface area contributed by atoms with Gasteiger partial charge in [0.2, 0.25) is 0 Å². The molecule has 1 aromatic rings. The van der Waals surface area contributed by atoms with Crippen LogP contribution in [0.15, 0.2) is 12.1 Å². The maximum Gasteiger partial charge on any atom is 0.0822 e. The number of aliphatic hydroxyl groups excluding tert-OH is 1. The van der Waals surface area contributed by atoms with Crippen LogP contribution in [0, 0.1) is 20.8 Å². The van der Waals surface area contributed by atoms with Gasteiger partial charge in [-0.25, -0.2) is 0 Å². The Morgan fingerprint density at radius 2 is 1.58 bits per heavy atom. The average Bonchev–Trinajstić information content (AvgIpc) is 2.82. The van der Waals surface area contributed by atoms with Crippen LogP contribution in [0.25, 0.3) is 0 Å². The molecule has 0 amide bonds. The van der Waals surface area contributed by atoms with Gasteiger partial charge in [0.05, 0.1) is 6.10 Å². The first-order valence-electron chi connectivity index (χ1n) is 9.76. The molecule has 24 heavy (non-hydrogen) atoms. The molecule has 1 N–H and O–H groups in total. The molecule has 2 heterocycles. The monoisotopic (exact) mass is 330 g/mol. The highest BCUT2D eigenvalue weighted by Crippen LogP contribution is 2.24. The molecule has 1 aromatic carbocycles. The van der Waals surface area contributed by atoms with Crippen molar-refractivity contribution in [3.8, 4) is 0 Å². The Hall–Kier alpha value is -0.900. The normalized spacial score (nSPS) is 27.2. The summed E-state index contributed by atoms with van der Waals surface area (Å²) in [5.41, 5.74) is 5.53. The van der Waals surface area contributed by atoms with Gasteiger partial charge in [0.25, 0.3) is 0 Å². The summed E-state index contributed by atoms with van der Waals surface area (Å²) >= 11 is 0. The summed E-state index contributed by atoms with van der Waals surface area (Å²) in [7, 11) is 0. The quantitative estimate of drug-likeness (QED) is 0.920. The van der Waals surface area contributed by atoms with E-state index in [1.807, 2.05) is 0 Å². The van der Waals surface area contributed by atoms with Gasteiger partial charge in [0.15, 0.2) is 0 Å². The molecule has 0 aromatic heterocycles. The van der Waals surface area contributed by atoms with Crippen LogP contribution in [0.4, 0.5) is 0 Å². The molecule has 0 bridgehead atoms. The van der Waals surface area contributed by atoms with Crippen molar-refractivity contribution in [2.24, 2.45) is 0 Å². The molecular formula is C21H34N2O. The highest BCUT2D eigenvalue weighted by atomic mass is 16.3. The number of benzene rings is 1. The van der Waals surface area contributed by atoms with Gasteiger partial charge in [0.1, 0.15) is 0 Å². The van der Waals surface area contributed by atoms with Crippen LogP contribution in [-0.2, 0) is 6.54 Å². The number of likely N-dealkylation sites (tertiary alicyclic amines) is 2. The minimum atomic E-state index is -0.205. The fourth-order valence-electron chi connectivity index (χ4n) is 4.41. The van der Waals surface area contributed by atoms with Crippen LogP contribution < -0.4 is 0 Å². The summed E-state index contributed by atoms with van der Waals surface area (Å²) < 4.78 is 0. The third-order valence-corrected chi connectivity index (χ3v) is 6.09. The van der Waals surface area contributed by atoms with Gasteiger partial charge in [-0.2, -0.15) is 0 Å². The lowest BCUT2D eigenvalue weighted by molar-refractivity contribution is -0.0144. The molecule has 0 saturated carbocycles. The van der Waals surface area contributed by atoms with Crippen molar-refractivity contribution in [3.63, 3.8) is 0 Å². The number of hydrogen-bond acceptors (Lipinski definition) is 3. The maximum atomic E-state index is 10.7. The third kappa shape index (κ3) is 4.19. The second kappa shape index (κ2) is 7.99. The third-order valence-electron chi connectivity index (χ3n) is 6.09. The number of aryl methyl sites for hydroxylation is 3. The summed E-state index contributed by atoms with van der Waals surface area (Å²) in [5, 5.41) is 10.7. The lowest BCUT2D eigenvalue weighted by Crippen LogP contribution is -2.54. The van der Waals surface area contributed by atoms with E-state index in [1.54, 1.807) is 0 Å². The zero-order chi connectivity index (χ0) is 17.1.